The van der Waals surface area contributed by atoms with Crippen LogP contribution in [0.2, 0.25) is 0 Å². The highest BCUT2D eigenvalue weighted by molar-refractivity contribution is 7.88. The fourth-order valence-corrected chi connectivity index (χ4v) is 9.27. The predicted molar refractivity (Wildman–Crippen MR) is 137 cm³/mol. The number of thiophene rings is 1. The maximum atomic E-state index is 12.7. The molecule has 3 fully saturated rings. The maximum absolute atomic E-state index is 12.7. The summed E-state index contributed by atoms with van der Waals surface area (Å²) < 4.78 is 27.0. The van der Waals surface area contributed by atoms with Crippen molar-refractivity contribution in [1.82, 2.24) is 4.31 Å². The van der Waals surface area contributed by atoms with Crippen molar-refractivity contribution in [3.63, 3.8) is 0 Å². The van der Waals surface area contributed by atoms with Crippen LogP contribution in [0.15, 0.2) is 40.8 Å². The monoisotopic (exact) mass is 505 g/mol. The van der Waals surface area contributed by atoms with Crippen LogP contribution in [0.3, 0.4) is 0 Å². The molecule has 7 heteroatoms. The molecule has 4 aliphatic carbocycles. The lowest BCUT2D eigenvalue weighted by molar-refractivity contribution is -0.0926. The molecule has 2 N–H and O–H groups in total. The first kappa shape index (κ1) is 24.7. The third-order valence-electron chi connectivity index (χ3n) is 9.96. The molecule has 0 amide bonds. The molecule has 3 saturated carbocycles. The van der Waals surface area contributed by atoms with Crippen LogP contribution in [0.1, 0.15) is 63.7 Å². The summed E-state index contributed by atoms with van der Waals surface area (Å²) in [6, 6.07) is 4.03. The van der Waals surface area contributed by atoms with Crippen molar-refractivity contribution in [1.29, 1.82) is 0 Å². The minimum absolute atomic E-state index is 0.102. The molecule has 0 aromatic carbocycles. The minimum atomic E-state index is -3.43. The third-order valence-corrected chi connectivity index (χ3v) is 12.1. The van der Waals surface area contributed by atoms with Crippen molar-refractivity contribution in [2.75, 3.05) is 19.3 Å². The van der Waals surface area contributed by atoms with E-state index in [1.807, 2.05) is 17.5 Å². The van der Waals surface area contributed by atoms with Gasteiger partial charge in [-0.3, -0.25) is 0 Å². The highest BCUT2D eigenvalue weighted by Gasteiger charge is 2.62. The molecule has 5 rings (SSSR count). The highest BCUT2D eigenvalue weighted by Crippen LogP contribution is 2.66. The normalized spacial score (nSPS) is 39.8. The number of fused-ring (bicyclic) bond motifs is 5. The van der Waals surface area contributed by atoms with Gasteiger partial charge in [0.25, 0.3) is 0 Å². The molecule has 0 bridgehead atoms. The van der Waals surface area contributed by atoms with Crippen LogP contribution in [-0.4, -0.2) is 54.0 Å². The Labute approximate surface area is 208 Å². The molecule has 6 atom stereocenters. The summed E-state index contributed by atoms with van der Waals surface area (Å²) in [5, 5.41) is 24.3. The number of aliphatic hydroxyl groups is 2. The smallest absolute Gasteiger partial charge is 0.211 e. The zero-order chi connectivity index (χ0) is 24.4. The molecule has 4 aliphatic rings. The number of nitrogens with zero attached hydrogens (tertiary/aromatic N) is 1. The summed E-state index contributed by atoms with van der Waals surface area (Å²) in [5.41, 5.74) is 1.57. The zero-order valence-corrected chi connectivity index (χ0v) is 22.3. The van der Waals surface area contributed by atoms with Gasteiger partial charge in [0.2, 0.25) is 10.0 Å². The number of aliphatic hydroxyl groups excluding tert-OH is 1. The van der Waals surface area contributed by atoms with E-state index >= 15 is 0 Å². The molecule has 34 heavy (non-hydrogen) atoms. The Kier molecular flexibility index (Phi) is 6.21. The topological polar surface area (TPSA) is 77.8 Å². The van der Waals surface area contributed by atoms with Crippen LogP contribution in [-0.2, 0) is 16.4 Å². The van der Waals surface area contributed by atoms with E-state index in [0.717, 1.165) is 43.4 Å². The molecule has 0 spiro atoms. The van der Waals surface area contributed by atoms with Gasteiger partial charge in [0.1, 0.15) is 0 Å². The van der Waals surface area contributed by atoms with E-state index in [0.29, 0.717) is 25.3 Å². The van der Waals surface area contributed by atoms with E-state index in [4.69, 9.17) is 0 Å². The summed E-state index contributed by atoms with van der Waals surface area (Å²) >= 11 is 1.64. The minimum Gasteiger partial charge on any atom is -0.393 e. The van der Waals surface area contributed by atoms with Crippen molar-refractivity contribution in [2.45, 2.75) is 76.9 Å². The standard InChI is InChI=1S/C27H39NO4S2/c1-25-12-8-20(29)17-19(25)6-7-22-23(25)9-13-26(2)24(22)10-14-27(26,30)18-28(34(3,31)32)15-11-21-5-4-16-33-21/h4-7,16,20,23-24,29-30H,8-15,17-18H2,1-3H3. The number of hydrogen-bond donors (Lipinski definition) is 2. The van der Waals surface area contributed by atoms with Gasteiger partial charge in [0.15, 0.2) is 0 Å². The lowest BCUT2D eigenvalue weighted by Gasteiger charge is -2.56. The average molecular weight is 506 g/mol. The van der Waals surface area contributed by atoms with Gasteiger partial charge < -0.3 is 10.2 Å². The fourth-order valence-electron chi connectivity index (χ4n) is 7.70. The molecule has 0 aliphatic heterocycles. The van der Waals surface area contributed by atoms with E-state index in [1.54, 1.807) is 11.3 Å². The van der Waals surface area contributed by atoms with Crippen molar-refractivity contribution in [3.8, 4) is 0 Å². The number of hydrogen-bond acceptors (Lipinski definition) is 5. The second-order valence-corrected chi connectivity index (χ2v) is 14.7. The van der Waals surface area contributed by atoms with Gasteiger partial charge in [-0.25, -0.2) is 8.42 Å². The summed E-state index contributed by atoms with van der Waals surface area (Å²) in [6.07, 6.45) is 12.4. The summed E-state index contributed by atoms with van der Waals surface area (Å²) in [5.74, 6) is 0.738. The van der Waals surface area contributed by atoms with Gasteiger partial charge in [-0.2, -0.15) is 4.31 Å². The number of allylic oxidation sites excluding steroid dienone is 3. The van der Waals surface area contributed by atoms with Crippen LogP contribution in [0.5, 0.6) is 0 Å². The quantitative estimate of drug-likeness (QED) is 0.596. The molecule has 0 saturated heterocycles. The van der Waals surface area contributed by atoms with Crippen LogP contribution in [0.25, 0.3) is 0 Å². The molecule has 1 aromatic heterocycles. The van der Waals surface area contributed by atoms with Gasteiger partial charge in [-0.05, 0) is 80.1 Å². The molecule has 6 unspecified atom stereocenters. The Hall–Kier alpha value is -0.990. The Bertz CT molecular complexity index is 1090. The molecule has 188 valence electrons. The van der Waals surface area contributed by atoms with Crippen LogP contribution >= 0.6 is 11.3 Å². The summed E-state index contributed by atoms with van der Waals surface area (Å²) in [7, 11) is -3.43. The first-order chi connectivity index (χ1) is 16.0. The van der Waals surface area contributed by atoms with E-state index in [-0.39, 0.29) is 29.4 Å². The summed E-state index contributed by atoms with van der Waals surface area (Å²) in [4.78, 5) is 1.16. The Morgan fingerprint density at radius 3 is 2.59 bits per heavy atom. The van der Waals surface area contributed by atoms with Crippen LogP contribution in [0.4, 0.5) is 0 Å². The second kappa shape index (κ2) is 8.55. The van der Waals surface area contributed by atoms with Gasteiger partial charge in [-0.15, -0.1) is 11.3 Å². The first-order valence-electron chi connectivity index (χ1n) is 12.8. The van der Waals surface area contributed by atoms with Gasteiger partial charge >= 0.3 is 0 Å². The number of sulfonamides is 1. The molecule has 0 radical (unpaired) electrons. The van der Waals surface area contributed by atoms with E-state index in [9.17, 15) is 18.6 Å². The SMILES string of the molecule is CC12CCC(O)CC1=CC=C1C2CCC2(C)C1CCC2(O)CN(CCc1cccs1)S(C)(=O)=O. The van der Waals surface area contributed by atoms with Crippen LogP contribution in [0, 0.1) is 22.7 Å². The van der Waals surface area contributed by atoms with Gasteiger partial charge in [0.05, 0.1) is 18.0 Å². The lowest BCUT2D eigenvalue weighted by atomic mass is 9.50. The largest absolute Gasteiger partial charge is 0.393 e. The van der Waals surface area contributed by atoms with E-state index in [1.165, 1.54) is 21.7 Å². The third kappa shape index (κ3) is 3.96. The summed E-state index contributed by atoms with van der Waals surface area (Å²) in [6.45, 7) is 5.16. The fraction of sp³-hybridized carbons (Fsp3) is 0.704. The first-order valence-corrected chi connectivity index (χ1v) is 15.5. The highest BCUT2D eigenvalue weighted by atomic mass is 32.2. The lowest BCUT2D eigenvalue weighted by Crippen LogP contribution is -2.56. The zero-order valence-electron chi connectivity index (χ0n) is 20.7. The van der Waals surface area contributed by atoms with Crippen molar-refractivity contribution in [2.24, 2.45) is 22.7 Å². The van der Waals surface area contributed by atoms with Crippen LogP contribution < -0.4 is 0 Å². The second-order valence-electron chi connectivity index (χ2n) is 11.7. The average Bonchev–Trinajstić information content (AvgIpc) is 3.37. The van der Waals surface area contributed by atoms with Crippen molar-refractivity contribution >= 4 is 21.4 Å². The number of rotatable bonds is 6. The van der Waals surface area contributed by atoms with Crippen molar-refractivity contribution in [3.05, 3.63) is 45.7 Å². The predicted octanol–water partition coefficient (Wildman–Crippen LogP) is 4.53. The Morgan fingerprint density at radius 1 is 1.12 bits per heavy atom. The molecule has 1 aromatic rings. The maximum Gasteiger partial charge on any atom is 0.211 e. The molecular formula is C27H39NO4S2. The molecule has 5 nitrogen and oxygen atoms in total. The Morgan fingerprint density at radius 2 is 1.88 bits per heavy atom. The van der Waals surface area contributed by atoms with E-state index < -0.39 is 15.6 Å². The van der Waals surface area contributed by atoms with E-state index in [2.05, 4.69) is 26.0 Å². The molecule has 1 heterocycles. The Balaban J connectivity index is 1.40. The van der Waals surface area contributed by atoms with Crippen molar-refractivity contribution < 1.29 is 18.6 Å². The molecular weight excluding hydrogens is 466 g/mol. The van der Waals surface area contributed by atoms with Gasteiger partial charge in [-0.1, -0.05) is 43.2 Å². The van der Waals surface area contributed by atoms with Gasteiger partial charge in [0, 0.05) is 23.4 Å².